The molecule has 5 nitrogen and oxygen atoms in total. The lowest BCUT2D eigenvalue weighted by Gasteiger charge is -2.07. The van der Waals surface area contributed by atoms with E-state index in [-0.39, 0.29) is 12.5 Å². The molecule has 1 heterocycles. The minimum Gasteiger partial charge on any atom is -0.320 e. The number of carbonyl (C=O) groups is 1. The van der Waals surface area contributed by atoms with Gasteiger partial charge < -0.3 is 11.1 Å². The molecule has 0 bridgehead atoms. The van der Waals surface area contributed by atoms with Crippen LogP contribution in [0.1, 0.15) is 20.8 Å². The second-order valence-corrected chi connectivity index (χ2v) is 4.58. The van der Waals surface area contributed by atoms with E-state index < -0.39 is 0 Å². The summed E-state index contributed by atoms with van der Waals surface area (Å²) in [4.78, 5) is 12.4. The van der Waals surface area contributed by atoms with E-state index in [1.54, 1.807) is 0 Å². The number of amides is 1. The largest absolute Gasteiger partial charge is 0.320 e. The second-order valence-electron chi connectivity index (χ2n) is 3.79. The van der Waals surface area contributed by atoms with Crippen molar-refractivity contribution in [2.75, 3.05) is 11.9 Å². The fourth-order valence-electron chi connectivity index (χ4n) is 1.47. The summed E-state index contributed by atoms with van der Waals surface area (Å²) >= 11 is 1.05. The quantitative estimate of drug-likeness (QED) is 0.810. The van der Waals surface area contributed by atoms with Gasteiger partial charge in [0.25, 0.3) is 5.91 Å². The molecule has 1 amide bonds. The summed E-state index contributed by atoms with van der Waals surface area (Å²) < 4.78 is 3.66. The molecular formula is C13H12N4OS. The van der Waals surface area contributed by atoms with E-state index in [0.29, 0.717) is 10.6 Å². The van der Waals surface area contributed by atoms with Gasteiger partial charge in [0, 0.05) is 5.56 Å². The fourth-order valence-corrected chi connectivity index (χ4v) is 1.88. The molecule has 6 heteroatoms. The van der Waals surface area contributed by atoms with Gasteiger partial charge in [-0.3, -0.25) is 4.79 Å². The lowest BCUT2D eigenvalue weighted by atomic mass is 10.1. The van der Waals surface area contributed by atoms with Gasteiger partial charge in [0.15, 0.2) is 0 Å². The van der Waals surface area contributed by atoms with Crippen LogP contribution in [-0.2, 0) is 0 Å². The number of nitrogens with one attached hydrogen (secondary N) is 1. The summed E-state index contributed by atoms with van der Waals surface area (Å²) in [6.45, 7) is 2.24. The molecule has 0 aliphatic carbocycles. The number of rotatable bonds is 2. The first-order chi connectivity index (χ1) is 9.20. The van der Waals surface area contributed by atoms with Gasteiger partial charge in [-0.05, 0) is 36.2 Å². The van der Waals surface area contributed by atoms with Gasteiger partial charge in [0.2, 0.25) is 0 Å². The van der Waals surface area contributed by atoms with Crippen molar-refractivity contribution in [1.82, 2.24) is 9.59 Å². The van der Waals surface area contributed by atoms with Crippen LogP contribution in [0.5, 0.6) is 0 Å². The Morgan fingerprint density at radius 3 is 3.05 bits per heavy atom. The molecule has 0 aliphatic heterocycles. The van der Waals surface area contributed by atoms with Gasteiger partial charge in [-0.15, -0.1) is 5.10 Å². The third kappa shape index (κ3) is 3.37. The van der Waals surface area contributed by atoms with Gasteiger partial charge >= 0.3 is 0 Å². The molecular weight excluding hydrogens is 260 g/mol. The summed E-state index contributed by atoms with van der Waals surface area (Å²) in [7, 11) is 0. The molecule has 0 aliphatic rings. The highest BCUT2D eigenvalue weighted by molar-refractivity contribution is 7.07. The van der Waals surface area contributed by atoms with Crippen LogP contribution in [0.15, 0.2) is 24.4 Å². The topological polar surface area (TPSA) is 80.9 Å². The van der Waals surface area contributed by atoms with Crippen molar-refractivity contribution in [2.24, 2.45) is 5.73 Å². The Morgan fingerprint density at radius 2 is 2.37 bits per heavy atom. The highest BCUT2D eigenvalue weighted by Gasteiger charge is 2.10. The van der Waals surface area contributed by atoms with Crippen LogP contribution >= 0.6 is 11.5 Å². The average molecular weight is 272 g/mol. The lowest BCUT2D eigenvalue weighted by molar-refractivity contribution is 0.103. The maximum atomic E-state index is 11.9. The van der Waals surface area contributed by atoms with Crippen molar-refractivity contribution in [1.29, 1.82) is 0 Å². The Hall–Kier alpha value is -2.23. The van der Waals surface area contributed by atoms with Gasteiger partial charge in [-0.2, -0.15) is 0 Å². The van der Waals surface area contributed by atoms with E-state index in [1.807, 2.05) is 25.1 Å². The number of nitrogens with zero attached hydrogens (tertiary/aromatic N) is 2. The van der Waals surface area contributed by atoms with Crippen LogP contribution in [0.2, 0.25) is 0 Å². The van der Waals surface area contributed by atoms with E-state index in [4.69, 9.17) is 5.73 Å². The first-order valence-corrected chi connectivity index (χ1v) is 6.36. The molecule has 3 N–H and O–H groups in total. The Balaban J connectivity index is 2.27. The number of anilines is 1. The minimum absolute atomic E-state index is 0.241. The molecule has 0 radical (unpaired) electrons. The van der Waals surface area contributed by atoms with Crippen molar-refractivity contribution in [3.63, 3.8) is 0 Å². The third-order valence-electron chi connectivity index (χ3n) is 2.33. The molecule has 0 spiro atoms. The average Bonchev–Trinajstić information content (AvgIpc) is 2.93. The molecule has 2 rings (SSSR count). The van der Waals surface area contributed by atoms with Crippen molar-refractivity contribution in [3.8, 4) is 11.8 Å². The second kappa shape index (κ2) is 6.09. The number of aromatic nitrogens is 2. The summed E-state index contributed by atoms with van der Waals surface area (Å²) in [5, 5.41) is 6.43. The Bertz CT molecular complexity index is 640. The first kappa shape index (κ1) is 13.2. The normalized spacial score (nSPS) is 9.58. The van der Waals surface area contributed by atoms with E-state index in [2.05, 4.69) is 26.7 Å². The smallest absolute Gasteiger partial charge is 0.269 e. The summed E-state index contributed by atoms with van der Waals surface area (Å²) in [6, 6.07) is 5.64. The number of hydrogen-bond acceptors (Lipinski definition) is 5. The molecule has 0 unspecified atom stereocenters. The van der Waals surface area contributed by atoms with Gasteiger partial charge in [-0.25, -0.2) is 0 Å². The Morgan fingerprint density at radius 1 is 1.53 bits per heavy atom. The van der Waals surface area contributed by atoms with Gasteiger partial charge in [0.05, 0.1) is 18.4 Å². The van der Waals surface area contributed by atoms with Crippen molar-refractivity contribution >= 4 is 23.1 Å². The maximum absolute atomic E-state index is 11.9. The molecule has 0 fully saturated rings. The summed E-state index contributed by atoms with van der Waals surface area (Å²) in [5.41, 5.74) is 7.84. The van der Waals surface area contributed by atoms with Gasteiger partial charge in [-0.1, -0.05) is 22.4 Å². The monoisotopic (exact) mass is 272 g/mol. The molecule has 96 valence electrons. The predicted octanol–water partition coefficient (Wildman–Crippen LogP) is 1.41. The number of benzene rings is 1. The summed E-state index contributed by atoms with van der Waals surface area (Å²) in [5.74, 6) is 5.49. The molecule has 1 aromatic carbocycles. The lowest BCUT2D eigenvalue weighted by Crippen LogP contribution is -2.11. The fraction of sp³-hybridized carbons (Fsp3) is 0.154. The zero-order valence-corrected chi connectivity index (χ0v) is 11.1. The zero-order chi connectivity index (χ0) is 13.7. The molecule has 0 atom stereocenters. The van der Waals surface area contributed by atoms with E-state index >= 15 is 0 Å². The van der Waals surface area contributed by atoms with E-state index in [9.17, 15) is 4.79 Å². The third-order valence-corrected chi connectivity index (χ3v) is 3.00. The number of aryl methyl sites for hydroxylation is 1. The molecule has 0 saturated carbocycles. The van der Waals surface area contributed by atoms with Crippen molar-refractivity contribution in [3.05, 3.63) is 40.4 Å². The van der Waals surface area contributed by atoms with Crippen LogP contribution in [0.3, 0.4) is 0 Å². The molecule has 2 aromatic rings. The van der Waals surface area contributed by atoms with E-state index in [1.165, 1.54) is 6.20 Å². The number of nitrogens with two attached hydrogens (primary N) is 1. The van der Waals surface area contributed by atoms with Crippen LogP contribution in [0, 0.1) is 18.8 Å². The van der Waals surface area contributed by atoms with Crippen molar-refractivity contribution in [2.45, 2.75) is 6.92 Å². The Kier molecular flexibility index (Phi) is 4.23. The SMILES string of the molecule is Cc1ccc(NC(=O)c2cnns2)c(C#CCN)c1. The zero-order valence-electron chi connectivity index (χ0n) is 10.3. The summed E-state index contributed by atoms with van der Waals surface area (Å²) in [6.07, 6.45) is 1.43. The number of hydrogen-bond donors (Lipinski definition) is 2. The molecule has 1 aromatic heterocycles. The van der Waals surface area contributed by atoms with Crippen LogP contribution in [-0.4, -0.2) is 22.0 Å². The minimum atomic E-state index is -0.241. The van der Waals surface area contributed by atoms with Gasteiger partial charge in [0.1, 0.15) is 4.88 Å². The molecule has 0 saturated heterocycles. The van der Waals surface area contributed by atoms with Crippen LogP contribution in [0.25, 0.3) is 0 Å². The molecule has 19 heavy (non-hydrogen) atoms. The standard InChI is InChI=1S/C13H12N4OS/c1-9-4-5-11(10(7-9)3-2-6-14)16-13(18)12-8-15-17-19-12/h4-5,7-8H,6,14H2,1H3,(H,16,18). The highest BCUT2D eigenvalue weighted by atomic mass is 32.1. The van der Waals surface area contributed by atoms with Crippen LogP contribution < -0.4 is 11.1 Å². The van der Waals surface area contributed by atoms with Crippen molar-refractivity contribution < 1.29 is 4.79 Å². The van der Waals surface area contributed by atoms with Crippen LogP contribution in [0.4, 0.5) is 5.69 Å². The highest BCUT2D eigenvalue weighted by Crippen LogP contribution is 2.17. The maximum Gasteiger partial charge on any atom is 0.269 e. The predicted molar refractivity (Wildman–Crippen MR) is 75.0 cm³/mol. The number of carbonyl (C=O) groups excluding carboxylic acids is 1. The Labute approximate surface area is 115 Å². The van der Waals surface area contributed by atoms with E-state index in [0.717, 1.165) is 22.7 Å². The first-order valence-electron chi connectivity index (χ1n) is 5.59.